The van der Waals surface area contributed by atoms with E-state index in [9.17, 15) is 0 Å². The lowest BCUT2D eigenvalue weighted by molar-refractivity contribution is -0.0475. The van der Waals surface area contributed by atoms with E-state index in [1.807, 2.05) is 6.08 Å². The van der Waals surface area contributed by atoms with Gasteiger partial charge in [0, 0.05) is 6.61 Å². The number of ether oxygens (including phenoxy) is 1. The summed E-state index contributed by atoms with van der Waals surface area (Å²) in [5.41, 5.74) is 0. The second kappa shape index (κ2) is 2.12. The van der Waals surface area contributed by atoms with Crippen molar-refractivity contribution in [1.82, 2.24) is 0 Å². The third kappa shape index (κ3) is 1.03. The van der Waals surface area contributed by atoms with Crippen molar-refractivity contribution in [1.29, 1.82) is 0 Å². The van der Waals surface area contributed by atoms with Gasteiger partial charge in [0.2, 0.25) is 0 Å². The van der Waals surface area contributed by atoms with E-state index < -0.39 is 0 Å². The Morgan fingerprint density at radius 1 is 1.86 bits per heavy atom. The maximum atomic E-state index is 5.10. The van der Waals surface area contributed by atoms with Crippen molar-refractivity contribution in [2.75, 3.05) is 6.61 Å². The summed E-state index contributed by atoms with van der Waals surface area (Å²) in [7, 11) is 0. The van der Waals surface area contributed by atoms with E-state index in [-0.39, 0.29) is 0 Å². The Morgan fingerprint density at radius 3 is 2.71 bits per heavy atom. The molecule has 1 aliphatic heterocycles. The minimum absolute atomic E-state index is 0.512. The number of rotatable bonds is 2. The van der Waals surface area contributed by atoms with Gasteiger partial charge in [-0.25, -0.2) is 0 Å². The van der Waals surface area contributed by atoms with Crippen LogP contribution in [0.2, 0.25) is 0 Å². The summed E-state index contributed by atoms with van der Waals surface area (Å²) in [5.74, 6) is 0. The average Bonchev–Trinajstić information content (AvgIpc) is 1.55. The SMILES string of the molecule is C=CCC1CCO1. The zero-order valence-corrected chi connectivity index (χ0v) is 4.39. The molecule has 0 N–H and O–H groups in total. The van der Waals surface area contributed by atoms with E-state index >= 15 is 0 Å². The molecule has 0 saturated carbocycles. The standard InChI is InChI=1S/C6H10O/c1-2-3-6-4-5-7-6/h2,6H,1,3-5H2. The van der Waals surface area contributed by atoms with Crippen molar-refractivity contribution in [3.63, 3.8) is 0 Å². The molecule has 1 atom stereocenters. The summed E-state index contributed by atoms with van der Waals surface area (Å²) < 4.78 is 5.10. The van der Waals surface area contributed by atoms with E-state index in [0.29, 0.717) is 6.10 Å². The molecular weight excluding hydrogens is 88.1 g/mol. The van der Waals surface area contributed by atoms with Crippen molar-refractivity contribution >= 4 is 0 Å². The fraction of sp³-hybridized carbons (Fsp3) is 0.667. The van der Waals surface area contributed by atoms with Crippen LogP contribution in [0.4, 0.5) is 0 Å². The Labute approximate surface area is 44.0 Å². The predicted molar refractivity (Wildman–Crippen MR) is 29.2 cm³/mol. The highest BCUT2D eigenvalue weighted by atomic mass is 16.5. The second-order valence-electron chi connectivity index (χ2n) is 1.81. The molecule has 0 spiro atoms. The lowest BCUT2D eigenvalue weighted by Gasteiger charge is -2.24. The fourth-order valence-electron chi connectivity index (χ4n) is 0.656. The molecule has 0 aromatic rings. The van der Waals surface area contributed by atoms with Gasteiger partial charge < -0.3 is 4.74 Å². The van der Waals surface area contributed by atoms with Crippen LogP contribution in [0.3, 0.4) is 0 Å². The molecule has 1 saturated heterocycles. The average molecular weight is 98.1 g/mol. The minimum Gasteiger partial charge on any atom is -0.378 e. The molecule has 0 aromatic carbocycles. The summed E-state index contributed by atoms with van der Waals surface area (Å²) in [6, 6.07) is 0. The molecule has 0 aromatic heterocycles. The topological polar surface area (TPSA) is 9.23 Å². The lowest BCUT2D eigenvalue weighted by atomic mass is 10.1. The molecule has 7 heavy (non-hydrogen) atoms. The first-order chi connectivity index (χ1) is 3.43. The molecule has 0 radical (unpaired) electrons. The van der Waals surface area contributed by atoms with Crippen molar-refractivity contribution in [2.45, 2.75) is 18.9 Å². The van der Waals surface area contributed by atoms with Crippen LogP contribution < -0.4 is 0 Å². The van der Waals surface area contributed by atoms with E-state index in [1.54, 1.807) is 0 Å². The van der Waals surface area contributed by atoms with Crippen LogP contribution in [0.5, 0.6) is 0 Å². The Morgan fingerprint density at radius 2 is 2.57 bits per heavy atom. The molecule has 1 unspecified atom stereocenters. The highest BCUT2D eigenvalue weighted by Gasteiger charge is 2.14. The van der Waals surface area contributed by atoms with Crippen LogP contribution in [0.1, 0.15) is 12.8 Å². The fourth-order valence-corrected chi connectivity index (χ4v) is 0.656. The normalized spacial score (nSPS) is 28.9. The van der Waals surface area contributed by atoms with Gasteiger partial charge in [0.25, 0.3) is 0 Å². The first-order valence-electron chi connectivity index (χ1n) is 2.66. The molecule has 0 aliphatic carbocycles. The molecule has 1 nitrogen and oxygen atoms in total. The third-order valence-corrected chi connectivity index (χ3v) is 1.22. The molecule has 1 fully saturated rings. The first kappa shape index (κ1) is 4.85. The minimum atomic E-state index is 0.512. The van der Waals surface area contributed by atoms with Crippen molar-refractivity contribution < 1.29 is 4.74 Å². The van der Waals surface area contributed by atoms with Crippen molar-refractivity contribution in [3.8, 4) is 0 Å². The maximum absolute atomic E-state index is 5.10. The maximum Gasteiger partial charge on any atom is 0.0631 e. The van der Waals surface area contributed by atoms with Crippen LogP contribution in [0.25, 0.3) is 0 Å². The van der Waals surface area contributed by atoms with Gasteiger partial charge in [0.05, 0.1) is 6.10 Å². The van der Waals surface area contributed by atoms with Crippen LogP contribution in [0, 0.1) is 0 Å². The van der Waals surface area contributed by atoms with E-state index in [4.69, 9.17) is 4.74 Å². The Bertz CT molecular complexity index is 64.6. The lowest BCUT2D eigenvalue weighted by Crippen LogP contribution is -2.25. The van der Waals surface area contributed by atoms with Gasteiger partial charge in [-0.1, -0.05) is 6.08 Å². The van der Waals surface area contributed by atoms with Crippen LogP contribution in [-0.4, -0.2) is 12.7 Å². The molecular formula is C6H10O. The van der Waals surface area contributed by atoms with E-state index in [0.717, 1.165) is 13.0 Å². The van der Waals surface area contributed by atoms with Crippen LogP contribution in [-0.2, 0) is 4.74 Å². The van der Waals surface area contributed by atoms with E-state index in [1.165, 1.54) is 6.42 Å². The first-order valence-corrected chi connectivity index (χ1v) is 2.66. The highest BCUT2D eigenvalue weighted by molar-refractivity contribution is 4.77. The van der Waals surface area contributed by atoms with Gasteiger partial charge >= 0.3 is 0 Å². The summed E-state index contributed by atoms with van der Waals surface area (Å²) in [4.78, 5) is 0. The quantitative estimate of drug-likeness (QED) is 0.474. The molecule has 1 rings (SSSR count). The van der Waals surface area contributed by atoms with Crippen molar-refractivity contribution in [2.24, 2.45) is 0 Å². The smallest absolute Gasteiger partial charge is 0.0631 e. The number of hydrogen-bond donors (Lipinski definition) is 0. The van der Waals surface area contributed by atoms with Gasteiger partial charge in [0.15, 0.2) is 0 Å². The highest BCUT2D eigenvalue weighted by Crippen LogP contribution is 2.13. The van der Waals surface area contributed by atoms with Crippen LogP contribution in [0.15, 0.2) is 12.7 Å². The zero-order valence-electron chi connectivity index (χ0n) is 4.39. The Kier molecular flexibility index (Phi) is 1.47. The largest absolute Gasteiger partial charge is 0.378 e. The summed E-state index contributed by atoms with van der Waals surface area (Å²) in [6.07, 6.45) is 4.67. The second-order valence-corrected chi connectivity index (χ2v) is 1.81. The summed E-state index contributed by atoms with van der Waals surface area (Å²) in [6.45, 7) is 4.56. The van der Waals surface area contributed by atoms with Gasteiger partial charge in [-0.3, -0.25) is 0 Å². The van der Waals surface area contributed by atoms with Crippen molar-refractivity contribution in [3.05, 3.63) is 12.7 Å². The molecule has 40 valence electrons. The molecule has 1 heteroatoms. The van der Waals surface area contributed by atoms with Gasteiger partial charge in [-0.05, 0) is 12.8 Å². The predicted octanol–water partition coefficient (Wildman–Crippen LogP) is 1.35. The Hall–Kier alpha value is -0.300. The summed E-state index contributed by atoms with van der Waals surface area (Å²) >= 11 is 0. The van der Waals surface area contributed by atoms with Gasteiger partial charge in [-0.2, -0.15) is 0 Å². The number of hydrogen-bond acceptors (Lipinski definition) is 1. The molecule has 0 amide bonds. The molecule has 1 aliphatic rings. The summed E-state index contributed by atoms with van der Waals surface area (Å²) in [5, 5.41) is 0. The van der Waals surface area contributed by atoms with Crippen LogP contribution >= 0.6 is 0 Å². The Balaban J connectivity index is 2.03. The van der Waals surface area contributed by atoms with Gasteiger partial charge in [-0.15, -0.1) is 6.58 Å². The monoisotopic (exact) mass is 98.1 g/mol. The van der Waals surface area contributed by atoms with E-state index in [2.05, 4.69) is 6.58 Å². The molecule has 1 heterocycles. The zero-order chi connectivity index (χ0) is 5.11. The third-order valence-electron chi connectivity index (χ3n) is 1.22. The van der Waals surface area contributed by atoms with Gasteiger partial charge in [0.1, 0.15) is 0 Å². The molecule has 0 bridgehead atoms.